The zero-order valence-corrected chi connectivity index (χ0v) is 15.9. The molecule has 0 saturated heterocycles. The van der Waals surface area contributed by atoms with Crippen molar-refractivity contribution in [1.29, 1.82) is 0 Å². The van der Waals surface area contributed by atoms with Gasteiger partial charge in [-0.3, -0.25) is 4.79 Å². The summed E-state index contributed by atoms with van der Waals surface area (Å²) in [5, 5.41) is 1.01. The van der Waals surface area contributed by atoms with Crippen LogP contribution in [0.3, 0.4) is 0 Å². The van der Waals surface area contributed by atoms with E-state index in [9.17, 15) is 4.79 Å². The molecule has 0 fully saturated rings. The molecule has 4 aromatic carbocycles. The molecule has 4 nitrogen and oxygen atoms in total. The molecule has 0 saturated carbocycles. The van der Waals surface area contributed by atoms with E-state index in [1.807, 2.05) is 72.8 Å². The Morgan fingerprint density at radius 2 is 1.23 bits per heavy atom. The Morgan fingerprint density at radius 1 is 0.600 bits per heavy atom. The molecule has 0 bridgehead atoms. The Kier molecular flexibility index (Phi) is 3.50. The Bertz CT molecular complexity index is 1410. The standard InChI is InChI=1S/C26H16O4/c27-23-19-13-7-8-14-21(19)28-24-20(23)15-16-22-25(24)30-26(29-22,17-9-3-1-4-10-17)18-11-5-2-6-12-18/h1-16H. The lowest BCUT2D eigenvalue weighted by atomic mass is 9.97. The highest BCUT2D eigenvalue weighted by atomic mass is 16.7. The molecule has 1 aliphatic heterocycles. The van der Waals surface area contributed by atoms with Crippen LogP contribution in [0.15, 0.2) is 106 Å². The van der Waals surface area contributed by atoms with Crippen molar-refractivity contribution in [1.82, 2.24) is 0 Å². The summed E-state index contributed by atoms with van der Waals surface area (Å²) < 4.78 is 19.1. The summed E-state index contributed by atoms with van der Waals surface area (Å²) in [5.74, 6) is -0.194. The molecule has 0 atom stereocenters. The van der Waals surface area contributed by atoms with E-state index in [1.54, 1.807) is 24.3 Å². The van der Waals surface area contributed by atoms with Crippen molar-refractivity contribution in [3.63, 3.8) is 0 Å². The van der Waals surface area contributed by atoms with Crippen LogP contribution in [0.25, 0.3) is 21.9 Å². The van der Waals surface area contributed by atoms with E-state index in [0.29, 0.717) is 33.4 Å². The SMILES string of the molecule is O=c1c2ccccc2oc2c3c(ccc12)OC(c1ccccc1)(c1ccccc1)O3. The van der Waals surface area contributed by atoms with Crippen molar-refractivity contribution >= 4 is 21.9 Å². The molecule has 6 rings (SSSR count). The molecule has 144 valence electrons. The van der Waals surface area contributed by atoms with Crippen molar-refractivity contribution in [3.8, 4) is 11.5 Å². The summed E-state index contributed by atoms with van der Waals surface area (Å²) in [6.45, 7) is 0. The molecule has 0 N–H and O–H groups in total. The van der Waals surface area contributed by atoms with Crippen molar-refractivity contribution in [2.75, 3.05) is 0 Å². The van der Waals surface area contributed by atoms with Crippen LogP contribution in [0.5, 0.6) is 11.5 Å². The van der Waals surface area contributed by atoms with Gasteiger partial charge in [0, 0.05) is 11.1 Å². The van der Waals surface area contributed by atoms with Crippen molar-refractivity contribution < 1.29 is 13.9 Å². The van der Waals surface area contributed by atoms with Crippen LogP contribution in [0.1, 0.15) is 11.1 Å². The fraction of sp³-hybridized carbons (Fsp3) is 0.0385. The predicted molar refractivity (Wildman–Crippen MR) is 115 cm³/mol. The number of hydrogen-bond donors (Lipinski definition) is 0. The van der Waals surface area contributed by atoms with Gasteiger partial charge in [-0.2, -0.15) is 0 Å². The lowest BCUT2D eigenvalue weighted by Crippen LogP contribution is -2.36. The molecule has 0 radical (unpaired) electrons. The van der Waals surface area contributed by atoms with E-state index in [2.05, 4.69) is 0 Å². The topological polar surface area (TPSA) is 48.7 Å². The first-order chi connectivity index (χ1) is 14.8. The van der Waals surface area contributed by atoms with Gasteiger partial charge >= 0.3 is 5.79 Å². The molecule has 0 unspecified atom stereocenters. The molecule has 4 heteroatoms. The normalized spacial score (nSPS) is 14.3. The Hall–Kier alpha value is -4.05. The maximum atomic E-state index is 13.0. The van der Waals surface area contributed by atoms with Crippen LogP contribution in [-0.4, -0.2) is 0 Å². The average molecular weight is 392 g/mol. The van der Waals surface area contributed by atoms with E-state index >= 15 is 0 Å². The minimum absolute atomic E-state index is 0.0878. The molecule has 1 aromatic heterocycles. The van der Waals surface area contributed by atoms with E-state index in [0.717, 1.165) is 11.1 Å². The van der Waals surface area contributed by atoms with E-state index in [1.165, 1.54) is 0 Å². The van der Waals surface area contributed by atoms with Crippen LogP contribution in [-0.2, 0) is 5.79 Å². The zero-order chi connectivity index (χ0) is 20.1. The third-order valence-electron chi connectivity index (χ3n) is 5.47. The van der Waals surface area contributed by atoms with Gasteiger partial charge in [-0.15, -0.1) is 0 Å². The number of benzene rings is 4. The van der Waals surface area contributed by atoms with Crippen LogP contribution < -0.4 is 14.9 Å². The maximum absolute atomic E-state index is 13.0. The van der Waals surface area contributed by atoms with Crippen LogP contribution in [0.4, 0.5) is 0 Å². The minimum atomic E-state index is -1.16. The van der Waals surface area contributed by atoms with Gasteiger partial charge in [-0.05, 0) is 24.3 Å². The monoisotopic (exact) mass is 392 g/mol. The molecule has 0 spiro atoms. The first-order valence-electron chi connectivity index (χ1n) is 9.74. The number of fused-ring (bicyclic) bond motifs is 4. The lowest BCUT2D eigenvalue weighted by molar-refractivity contribution is -0.0456. The third kappa shape index (κ3) is 2.31. The molecule has 0 amide bonds. The first-order valence-corrected chi connectivity index (χ1v) is 9.74. The second kappa shape index (κ2) is 6.22. The van der Waals surface area contributed by atoms with Crippen LogP contribution in [0, 0.1) is 0 Å². The van der Waals surface area contributed by atoms with Gasteiger partial charge in [-0.1, -0.05) is 72.8 Å². The van der Waals surface area contributed by atoms with Crippen LogP contribution in [0.2, 0.25) is 0 Å². The lowest BCUT2D eigenvalue weighted by Gasteiger charge is -2.28. The Balaban J connectivity index is 1.63. The summed E-state index contributed by atoms with van der Waals surface area (Å²) in [6.07, 6.45) is 0. The molecule has 1 aliphatic rings. The number of ether oxygens (including phenoxy) is 2. The van der Waals surface area contributed by atoms with E-state index in [4.69, 9.17) is 13.9 Å². The van der Waals surface area contributed by atoms with Gasteiger partial charge in [0.25, 0.3) is 0 Å². The molecular formula is C26H16O4. The highest BCUT2D eigenvalue weighted by Gasteiger charge is 2.46. The van der Waals surface area contributed by atoms with Crippen molar-refractivity contribution in [2.24, 2.45) is 0 Å². The smallest absolute Gasteiger partial charge is 0.305 e. The number of rotatable bonds is 2. The van der Waals surface area contributed by atoms with Crippen molar-refractivity contribution in [3.05, 3.63) is 118 Å². The summed E-state index contributed by atoms with van der Waals surface area (Å²) in [7, 11) is 0. The van der Waals surface area contributed by atoms with E-state index in [-0.39, 0.29) is 5.43 Å². The third-order valence-corrected chi connectivity index (χ3v) is 5.47. The Morgan fingerprint density at radius 3 is 1.93 bits per heavy atom. The summed E-state index contributed by atoms with van der Waals surface area (Å²) in [4.78, 5) is 13.0. The van der Waals surface area contributed by atoms with E-state index < -0.39 is 5.79 Å². The second-order valence-electron chi connectivity index (χ2n) is 7.25. The average Bonchev–Trinajstić information content (AvgIpc) is 3.22. The largest absolute Gasteiger partial charge is 0.452 e. The molecule has 5 aromatic rings. The maximum Gasteiger partial charge on any atom is 0.305 e. The molecule has 30 heavy (non-hydrogen) atoms. The fourth-order valence-electron chi connectivity index (χ4n) is 4.04. The summed E-state index contributed by atoms with van der Waals surface area (Å²) >= 11 is 0. The highest BCUT2D eigenvalue weighted by Crippen LogP contribution is 2.50. The van der Waals surface area contributed by atoms with Gasteiger partial charge in [0.05, 0.1) is 10.8 Å². The van der Waals surface area contributed by atoms with Crippen LogP contribution >= 0.6 is 0 Å². The summed E-state index contributed by atoms with van der Waals surface area (Å²) in [6, 6.07) is 30.3. The highest BCUT2D eigenvalue weighted by molar-refractivity contribution is 5.94. The van der Waals surface area contributed by atoms with Gasteiger partial charge < -0.3 is 13.9 Å². The minimum Gasteiger partial charge on any atom is -0.452 e. The van der Waals surface area contributed by atoms with Gasteiger partial charge in [0.15, 0.2) is 11.3 Å². The number of para-hydroxylation sites is 1. The fourth-order valence-corrected chi connectivity index (χ4v) is 4.04. The number of hydrogen-bond acceptors (Lipinski definition) is 4. The first kappa shape index (κ1) is 16.9. The summed E-state index contributed by atoms with van der Waals surface area (Å²) in [5.41, 5.74) is 2.52. The molecular weight excluding hydrogens is 376 g/mol. The van der Waals surface area contributed by atoms with Crippen molar-refractivity contribution in [2.45, 2.75) is 5.79 Å². The van der Waals surface area contributed by atoms with Gasteiger partial charge in [0.2, 0.25) is 11.2 Å². The predicted octanol–water partition coefficient (Wildman–Crippen LogP) is 5.62. The van der Waals surface area contributed by atoms with Gasteiger partial charge in [-0.25, -0.2) is 0 Å². The van der Waals surface area contributed by atoms with Gasteiger partial charge in [0.1, 0.15) is 5.58 Å². The molecule has 2 heterocycles. The molecule has 0 aliphatic carbocycles. The Labute approximate surface area is 171 Å². The zero-order valence-electron chi connectivity index (χ0n) is 15.9. The second-order valence-corrected chi connectivity index (χ2v) is 7.25. The quantitative estimate of drug-likeness (QED) is 0.366.